The van der Waals surface area contributed by atoms with Gasteiger partial charge in [0.25, 0.3) is 0 Å². The Morgan fingerprint density at radius 1 is 1.30 bits per heavy atom. The molecule has 0 spiro atoms. The Hall–Kier alpha value is -2.87. The molecular formula is C19H22N4O3S. The number of thiazole rings is 1. The molecular weight excluding hydrogens is 364 g/mol. The van der Waals surface area contributed by atoms with E-state index in [9.17, 15) is 9.59 Å². The van der Waals surface area contributed by atoms with Gasteiger partial charge in [0.1, 0.15) is 11.6 Å². The Morgan fingerprint density at radius 2 is 2.07 bits per heavy atom. The molecule has 0 aliphatic rings. The number of amides is 2. The predicted molar refractivity (Wildman–Crippen MR) is 106 cm³/mol. The van der Waals surface area contributed by atoms with Gasteiger partial charge in [-0.3, -0.25) is 4.79 Å². The number of fused-ring (bicyclic) bond motifs is 1. The third-order valence-corrected chi connectivity index (χ3v) is 4.46. The summed E-state index contributed by atoms with van der Waals surface area (Å²) in [7, 11) is 0. The smallest absolute Gasteiger partial charge is 0.408 e. The Labute approximate surface area is 161 Å². The van der Waals surface area contributed by atoms with Crippen molar-refractivity contribution >= 4 is 39.4 Å². The molecule has 0 bridgehead atoms. The van der Waals surface area contributed by atoms with E-state index in [0.29, 0.717) is 11.6 Å². The highest BCUT2D eigenvalue weighted by Gasteiger charge is 2.26. The minimum Gasteiger partial charge on any atom is -0.444 e. The summed E-state index contributed by atoms with van der Waals surface area (Å²) in [4.78, 5) is 32.2. The number of nitrogens with one attached hydrogen (secondary N) is 3. The number of ether oxygens (including phenoxy) is 1. The van der Waals surface area contributed by atoms with Crippen LogP contribution in [0.5, 0.6) is 0 Å². The van der Waals surface area contributed by atoms with Gasteiger partial charge in [-0.15, -0.1) is 11.3 Å². The molecule has 2 heterocycles. The summed E-state index contributed by atoms with van der Waals surface area (Å²) in [6, 6.07) is 7.01. The number of rotatable bonds is 5. The van der Waals surface area contributed by atoms with Gasteiger partial charge in [-0.25, -0.2) is 9.78 Å². The Balaban J connectivity index is 1.80. The zero-order chi connectivity index (χ0) is 19.4. The Morgan fingerprint density at radius 3 is 2.78 bits per heavy atom. The van der Waals surface area contributed by atoms with Crippen LogP contribution in [-0.4, -0.2) is 33.6 Å². The number of carbonyl (C=O) groups excluding carboxylic acids is 2. The number of alkyl carbamates (subject to hydrolysis) is 1. The lowest BCUT2D eigenvalue weighted by Gasteiger charge is -2.23. The fourth-order valence-corrected chi connectivity index (χ4v) is 3.19. The molecule has 0 radical (unpaired) electrons. The van der Waals surface area contributed by atoms with Crippen molar-refractivity contribution in [1.82, 2.24) is 15.3 Å². The zero-order valence-corrected chi connectivity index (χ0v) is 16.2. The van der Waals surface area contributed by atoms with Crippen molar-refractivity contribution in [2.24, 2.45) is 0 Å². The van der Waals surface area contributed by atoms with Gasteiger partial charge in [-0.2, -0.15) is 0 Å². The maximum atomic E-state index is 12.7. The fourth-order valence-electron chi connectivity index (χ4n) is 2.66. The molecule has 27 heavy (non-hydrogen) atoms. The highest BCUT2D eigenvalue weighted by atomic mass is 32.1. The summed E-state index contributed by atoms with van der Waals surface area (Å²) in [5.74, 6) is -0.346. The van der Waals surface area contributed by atoms with Crippen molar-refractivity contribution in [1.29, 1.82) is 0 Å². The molecule has 0 saturated carbocycles. The number of nitrogens with zero attached hydrogens (tertiary/aromatic N) is 1. The molecule has 1 aromatic carbocycles. The standard InChI is InChI=1S/C19H22N4O3S/c1-19(2,3)26-18(25)22-15(16(24)23-17-20-8-9-27-17)10-12-11-21-14-7-5-4-6-13(12)14/h4-9,11,15,21H,10H2,1-3H3,(H,22,25)(H,20,23,24)/t15-/m0/s1. The van der Waals surface area contributed by atoms with Crippen LogP contribution in [0, 0.1) is 0 Å². The van der Waals surface area contributed by atoms with Gasteiger partial charge in [0, 0.05) is 35.1 Å². The number of carbonyl (C=O) groups is 2. The second-order valence-electron chi connectivity index (χ2n) is 7.09. The summed E-state index contributed by atoms with van der Waals surface area (Å²) in [5.41, 5.74) is 1.26. The summed E-state index contributed by atoms with van der Waals surface area (Å²) in [5, 5.41) is 8.68. The zero-order valence-electron chi connectivity index (χ0n) is 15.4. The SMILES string of the molecule is CC(C)(C)OC(=O)N[C@@H](Cc1c[nH]c2ccccc12)C(=O)Nc1nccs1. The number of hydrogen-bond acceptors (Lipinski definition) is 5. The van der Waals surface area contributed by atoms with E-state index in [1.807, 2.05) is 30.5 Å². The van der Waals surface area contributed by atoms with Crippen molar-refractivity contribution in [2.45, 2.75) is 38.8 Å². The number of para-hydroxylation sites is 1. The number of anilines is 1. The molecule has 3 rings (SSSR count). The van der Waals surface area contributed by atoms with E-state index in [1.54, 1.807) is 32.3 Å². The van der Waals surface area contributed by atoms with Crippen molar-refractivity contribution in [2.75, 3.05) is 5.32 Å². The van der Waals surface area contributed by atoms with Gasteiger partial charge >= 0.3 is 6.09 Å². The first kappa shape index (κ1) is 18.9. The lowest BCUT2D eigenvalue weighted by molar-refractivity contribution is -0.118. The van der Waals surface area contributed by atoms with Crippen LogP contribution < -0.4 is 10.6 Å². The monoisotopic (exact) mass is 386 g/mol. The minimum absolute atomic E-state index is 0.320. The molecule has 1 atom stereocenters. The number of aromatic nitrogens is 2. The van der Waals surface area contributed by atoms with Crippen LogP contribution in [0.25, 0.3) is 10.9 Å². The van der Waals surface area contributed by atoms with E-state index in [2.05, 4.69) is 20.6 Å². The van der Waals surface area contributed by atoms with E-state index >= 15 is 0 Å². The Kier molecular flexibility index (Phi) is 5.46. The van der Waals surface area contributed by atoms with Crippen LogP contribution in [0.4, 0.5) is 9.93 Å². The molecule has 0 unspecified atom stereocenters. The number of H-pyrrole nitrogens is 1. The number of benzene rings is 1. The number of aromatic amines is 1. The average molecular weight is 386 g/mol. The molecule has 3 N–H and O–H groups in total. The van der Waals surface area contributed by atoms with Crippen molar-refractivity contribution in [3.8, 4) is 0 Å². The lowest BCUT2D eigenvalue weighted by Crippen LogP contribution is -2.47. The first-order valence-electron chi connectivity index (χ1n) is 8.57. The van der Waals surface area contributed by atoms with Crippen LogP contribution in [0.15, 0.2) is 42.0 Å². The molecule has 2 amide bonds. The van der Waals surface area contributed by atoms with Crippen LogP contribution >= 0.6 is 11.3 Å². The molecule has 8 heteroatoms. The number of hydrogen-bond donors (Lipinski definition) is 3. The van der Waals surface area contributed by atoms with E-state index in [1.165, 1.54) is 11.3 Å². The maximum Gasteiger partial charge on any atom is 0.408 e. The van der Waals surface area contributed by atoms with E-state index < -0.39 is 17.7 Å². The van der Waals surface area contributed by atoms with E-state index in [-0.39, 0.29) is 5.91 Å². The van der Waals surface area contributed by atoms with Crippen molar-refractivity contribution < 1.29 is 14.3 Å². The van der Waals surface area contributed by atoms with Crippen LogP contribution in [0.2, 0.25) is 0 Å². The molecule has 0 fully saturated rings. The highest BCUT2D eigenvalue weighted by Crippen LogP contribution is 2.20. The molecule has 0 aliphatic carbocycles. The summed E-state index contributed by atoms with van der Waals surface area (Å²) in [6.07, 6.45) is 3.14. The first-order chi connectivity index (χ1) is 12.8. The molecule has 0 saturated heterocycles. The van der Waals surface area contributed by atoms with Crippen LogP contribution in [0.1, 0.15) is 26.3 Å². The molecule has 0 aliphatic heterocycles. The van der Waals surface area contributed by atoms with Gasteiger partial charge in [0.15, 0.2) is 5.13 Å². The summed E-state index contributed by atoms with van der Waals surface area (Å²) in [6.45, 7) is 5.32. The third kappa shape index (κ3) is 5.07. The van der Waals surface area contributed by atoms with Gasteiger partial charge in [0.05, 0.1) is 0 Å². The lowest BCUT2D eigenvalue weighted by atomic mass is 10.0. The van der Waals surface area contributed by atoms with Crippen LogP contribution in [-0.2, 0) is 16.0 Å². The minimum atomic E-state index is -0.803. The summed E-state index contributed by atoms with van der Waals surface area (Å²) >= 11 is 1.31. The molecule has 7 nitrogen and oxygen atoms in total. The topological polar surface area (TPSA) is 96.1 Å². The molecule has 2 aromatic heterocycles. The normalized spacial score (nSPS) is 12.6. The van der Waals surface area contributed by atoms with Crippen molar-refractivity contribution in [3.05, 3.63) is 47.6 Å². The first-order valence-corrected chi connectivity index (χ1v) is 9.44. The van der Waals surface area contributed by atoms with Gasteiger partial charge in [0.2, 0.25) is 5.91 Å². The molecule has 3 aromatic rings. The predicted octanol–water partition coefficient (Wildman–Crippen LogP) is 3.70. The van der Waals surface area contributed by atoms with E-state index in [4.69, 9.17) is 4.74 Å². The second kappa shape index (κ2) is 7.79. The second-order valence-corrected chi connectivity index (χ2v) is 7.98. The van der Waals surface area contributed by atoms with Crippen molar-refractivity contribution in [3.63, 3.8) is 0 Å². The largest absolute Gasteiger partial charge is 0.444 e. The molecule has 142 valence electrons. The van der Waals surface area contributed by atoms with Gasteiger partial charge in [-0.1, -0.05) is 18.2 Å². The summed E-state index contributed by atoms with van der Waals surface area (Å²) < 4.78 is 5.31. The third-order valence-electron chi connectivity index (χ3n) is 3.77. The highest BCUT2D eigenvalue weighted by molar-refractivity contribution is 7.13. The quantitative estimate of drug-likeness (QED) is 0.623. The van der Waals surface area contributed by atoms with Gasteiger partial charge in [-0.05, 0) is 32.4 Å². The fraction of sp³-hybridized carbons (Fsp3) is 0.316. The average Bonchev–Trinajstić information content (AvgIpc) is 3.22. The van der Waals surface area contributed by atoms with Crippen LogP contribution in [0.3, 0.4) is 0 Å². The van der Waals surface area contributed by atoms with E-state index in [0.717, 1.165) is 16.5 Å². The Bertz CT molecular complexity index is 928. The van der Waals surface area contributed by atoms with Gasteiger partial charge < -0.3 is 20.4 Å². The maximum absolute atomic E-state index is 12.7.